The van der Waals surface area contributed by atoms with E-state index in [0.717, 1.165) is 5.82 Å². The predicted molar refractivity (Wildman–Crippen MR) is 103 cm³/mol. The fourth-order valence-electron chi connectivity index (χ4n) is 3.09. The van der Waals surface area contributed by atoms with Gasteiger partial charge in [-0.25, -0.2) is 4.39 Å². The second-order valence-corrected chi connectivity index (χ2v) is 6.43. The number of anilines is 1. The molecule has 1 aromatic heterocycles. The van der Waals surface area contributed by atoms with Crippen LogP contribution in [0.2, 0.25) is 0 Å². The summed E-state index contributed by atoms with van der Waals surface area (Å²) in [6.07, 6.45) is 0. The summed E-state index contributed by atoms with van der Waals surface area (Å²) in [4.78, 5) is 16.3. The average molecular weight is 378 g/mol. The average Bonchev–Trinajstić information content (AvgIpc) is 2.75. The fourth-order valence-corrected chi connectivity index (χ4v) is 3.09. The SMILES string of the molecule is O=C(c1cccc(F)c1)N1CCN(c2ccc(Oc3ccccc3)nn2)CC1. The van der Waals surface area contributed by atoms with Gasteiger partial charge < -0.3 is 14.5 Å². The molecule has 0 aliphatic carbocycles. The van der Waals surface area contributed by atoms with Gasteiger partial charge >= 0.3 is 0 Å². The zero-order valence-electron chi connectivity index (χ0n) is 15.2. The molecular weight excluding hydrogens is 359 g/mol. The van der Waals surface area contributed by atoms with Crippen molar-refractivity contribution in [3.05, 3.63) is 78.1 Å². The van der Waals surface area contributed by atoms with Gasteiger partial charge in [0.15, 0.2) is 5.82 Å². The molecule has 1 fully saturated rings. The molecule has 4 rings (SSSR count). The summed E-state index contributed by atoms with van der Waals surface area (Å²) < 4.78 is 19.0. The summed E-state index contributed by atoms with van der Waals surface area (Å²) in [6.45, 7) is 2.35. The maximum Gasteiger partial charge on any atom is 0.254 e. The number of nitrogens with zero attached hydrogens (tertiary/aromatic N) is 4. The van der Waals surface area contributed by atoms with E-state index in [1.54, 1.807) is 23.1 Å². The van der Waals surface area contributed by atoms with E-state index in [9.17, 15) is 9.18 Å². The number of amides is 1. The molecule has 3 aromatic rings. The van der Waals surface area contributed by atoms with Crippen molar-refractivity contribution in [3.63, 3.8) is 0 Å². The van der Waals surface area contributed by atoms with Gasteiger partial charge in [-0.15, -0.1) is 10.2 Å². The number of hydrogen-bond donors (Lipinski definition) is 0. The van der Waals surface area contributed by atoms with Crippen molar-refractivity contribution in [3.8, 4) is 11.6 Å². The number of benzene rings is 2. The van der Waals surface area contributed by atoms with Crippen LogP contribution in [0.1, 0.15) is 10.4 Å². The molecule has 28 heavy (non-hydrogen) atoms. The summed E-state index contributed by atoms with van der Waals surface area (Å²) in [6, 6.07) is 18.8. The van der Waals surface area contributed by atoms with Gasteiger partial charge in [0.1, 0.15) is 11.6 Å². The van der Waals surface area contributed by atoms with Crippen LogP contribution in [-0.4, -0.2) is 47.2 Å². The maximum atomic E-state index is 13.3. The Kier molecular flexibility index (Phi) is 5.14. The lowest BCUT2D eigenvalue weighted by Gasteiger charge is -2.35. The summed E-state index contributed by atoms with van der Waals surface area (Å²) in [5.41, 5.74) is 0.371. The third-order valence-corrected chi connectivity index (χ3v) is 4.55. The lowest BCUT2D eigenvalue weighted by molar-refractivity contribution is 0.0746. The fraction of sp³-hybridized carbons (Fsp3) is 0.190. The molecule has 1 aliphatic rings. The van der Waals surface area contributed by atoms with Crippen LogP contribution in [0.3, 0.4) is 0 Å². The molecule has 0 bridgehead atoms. The summed E-state index contributed by atoms with van der Waals surface area (Å²) >= 11 is 0. The molecule has 142 valence electrons. The minimum Gasteiger partial charge on any atom is -0.438 e. The highest BCUT2D eigenvalue weighted by Gasteiger charge is 2.23. The lowest BCUT2D eigenvalue weighted by Crippen LogP contribution is -2.49. The highest BCUT2D eigenvalue weighted by atomic mass is 19.1. The second-order valence-electron chi connectivity index (χ2n) is 6.43. The van der Waals surface area contributed by atoms with E-state index in [4.69, 9.17) is 4.74 Å². The number of piperazine rings is 1. The van der Waals surface area contributed by atoms with Crippen LogP contribution in [0.25, 0.3) is 0 Å². The minimum absolute atomic E-state index is 0.156. The molecule has 1 aliphatic heterocycles. The van der Waals surface area contributed by atoms with E-state index >= 15 is 0 Å². The molecule has 0 saturated carbocycles. The van der Waals surface area contributed by atoms with Gasteiger partial charge in [0.25, 0.3) is 5.91 Å². The Morgan fingerprint density at radius 1 is 0.893 bits per heavy atom. The lowest BCUT2D eigenvalue weighted by atomic mass is 10.1. The summed E-state index contributed by atoms with van der Waals surface area (Å²) in [5, 5.41) is 8.36. The number of aromatic nitrogens is 2. The molecule has 1 amide bonds. The Hall–Kier alpha value is -3.48. The van der Waals surface area contributed by atoms with Crippen LogP contribution in [-0.2, 0) is 0 Å². The molecular formula is C21H19FN4O2. The third-order valence-electron chi connectivity index (χ3n) is 4.55. The molecule has 0 radical (unpaired) electrons. The van der Waals surface area contributed by atoms with Gasteiger partial charge in [-0.2, -0.15) is 0 Å². The standard InChI is InChI=1S/C21H19FN4O2/c22-17-6-4-5-16(15-17)21(27)26-13-11-25(12-14-26)19-9-10-20(24-23-19)28-18-7-2-1-3-8-18/h1-10,15H,11-14H2. The van der Waals surface area contributed by atoms with Crippen LogP contribution < -0.4 is 9.64 Å². The van der Waals surface area contributed by atoms with E-state index in [1.165, 1.54) is 12.1 Å². The van der Waals surface area contributed by atoms with Gasteiger partial charge in [-0.1, -0.05) is 24.3 Å². The monoisotopic (exact) mass is 378 g/mol. The first-order valence-electron chi connectivity index (χ1n) is 9.05. The van der Waals surface area contributed by atoms with E-state index < -0.39 is 5.82 Å². The van der Waals surface area contributed by atoms with Gasteiger partial charge in [-0.3, -0.25) is 4.79 Å². The van der Waals surface area contributed by atoms with Crippen molar-refractivity contribution in [1.82, 2.24) is 15.1 Å². The Morgan fingerprint density at radius 2 is 1.68 bits per heavy atom. The van der Waals surface area contributed by atoms with Crippen LogP contribution in [0.5, 0.6) is 11.6 Å². The first-order chi connectivity index (χ1) is 13.7. The molecule has 0 atom stereocenters. The van der Waals surface area contributed by atoms with Gasteiger partial charge in [-0.05, 0) is 36.4 Å². The van der Waals surface area contributed by atoms with Crippen molar-refractivity contribution in [2.24, 2.45) is 0 Å². The largest absolute Gasteiger partial charge is 0.438 e. The normalized spacial score (nSPS) is 14.0. The van der Waals surface area contributed by atoms with Crippen LogP contribution in [0.15, 0.2) is 66.7 Å². The molecule has 2 heterocycles. The number of para-hydroxylation sites is 1. The molecule has 0 unspecified atom stereocenters. The number of ether oxygens (including phenoxy) is 1. The van der Waals surface area contributed by atoms with Crippen molar-refractivity contribution < 1.29 is 13.9 Å². The van der Waals surface area contributed by atoms with Crippen molar-refractivity contribution in [2.45, 2.75) is 0 Å². The number of carbonyl (C=O) groups excluding carboxylic acids is 1. The third kappa shape index (κ3) is 4.09. The van der Waals surface area contributed by atoms with E-state index in [0.29, 0.717) is 43.4 Å². The summed E-state index contributed by atoms with van der Waals surface area (Å²) in [7, 11) is 0. The molecule has 7 heteroatoms. The first-order valence-corrected chi connectivity index (χ1v) is 9.05. The zero-order valence-corrected chi connectivity index (χ0v) is 15.2. The van der Waals surface area contributed by atoms with Crippen molar-refractivity contribution in [2.75, 3.05) is 31.1 Å². The Labute approximate surface area is 162 Å². The molecule has 0 N–H and O–H groups in total. The zero-order chi connectivity index (χ0) is 19.3. The number of hydrogen-bond acceptors (Lipinski definition) is 5. The minimum atomic E-state index is -0.405. The Bertz CT molecular complexity index is 942. The highest BCUT2D eigenvalue weighted by molar-refractivity contribution is 5.94. The quantitative estimate of drug-likeness (QED) is 0.697. The maximum absolute atomic E-state index is 13.3. The number of carbonyl (C=O) groups is 1. The first kappa shape index (κ1) is 17.9. The van der Waals surface area contributed by atoms with E-state index in [1.807, 2.05) is 36.4 Å². The van der Waals surface area contributed by atoms with Crippen molar-refractivity contribution >= 4 is 11.7 Å². The highest BCUT2D eigenvalue weighted by Crippen LogP contribution is 2.21. The van der Waals surface area contributed by atoms with E-state index in [2.05, 4.69) is 15.1 Å². The molecule has 6 nitrogen and oxygen atoms in total. The van der Waals surface area contributed by atoms with Crippen molar-refractivity contribution in [1.29, 1.82) is 0 Å². The van der Waals surface area contributed by atoms with Gasteiger partial charge in [0.05, 0.1) is 0 Å². The topological polar surface area (TPSA) is 58.6 Å². The van der Waals surface area contributed by atoms with Crippen LogP contribution >= 0.6 is 0 Å². The van der Waals surface area contributed by atoms with Crippen LogP contribution in [0.4, 0.5) is 10.2 Å². The smallest absolute Gasteiger partial charge is 0.254 e. The van der Waals surface area contributed by atoms with Crippen LogP contribution in [0, 0.1) is 5.82 Å². The predicted octanol–water partition coefficient (Wildman–Crippen LogP) is 3.37. The number of rotatable bonds is 4. The Balaban J connectivity index is 1.35. The number of halogens is 1. The van der Waals surface area contributed by atoms with E-state index in [-0.39, 0.29) is 5.91 Å². The molecule has 2 aromatic carbocycles. The Morgan fingerprint density at radius 3 is 2.36 bits per heavy atom. The second kappa shape index (κ2) is 8.04. The van der Waals surface area contributed by atoms with Gasteiger partial charge in [0, 0.05) is 37.8 Å². The van der Waals surface area contributed by atoms with Gasteiger partial charge in [0.2, 0.25) is 5.88 Å². The molecule has 1 saturated heterocycles. The molecule has 0 spiro atoms. The summed E-state index contributed by atoms with van der Waals surface area (Å²) in [5.74, 6) is 1.30.